The minimum Gasteiger partial charge on any atom is -0.450 e. The van der Waals surface area contributed by atoms with E-state index in [2.05, 4.69) is 4.90 Å². The number of non-ortho nitro benzene ring substituents is 1. The third-order valence-electron chi connectivity index (χ3n) is 5.88. The smallest absolute Gasteiger partial charge is 0.290 e. The molecule has 0 fully saturated rings. The molecular weight excluding hydrogens is 434 g/mol. The van der Waals surface area contributed by atoms with Crippen LogP contribution in [-0.2, 0) is 0 Å². The second-order valence-corrected chi connectivity index (χ2v) is 8.03. The molecule has 2 heterocycles. The Balaban J connectivity index is 1.90. The van der Waals surface area contributed by atoms with E-state index in [1.165, 1.54) is 18.2 Å². The van der Waals surface area contributed by atoms with Crippen LogP contribution < -0.4 is 5.43 Å². The van der Waals surface area contributed by atoms with Crippen LogP contribution in [0.4, 0.5) is 5.69 Å². The number of rotatable bonds is 7. The number of hydrogen-bond acceptors (Lipinski definition) is 6. The van der Waals surface area contributed by atoms with Crippen LogP contribution in [-0.4, -0.2) is 46.8 Å². The normalized spacial score (nSPS) is 15.6. The lowest BCUT2D eigenvalue weighted by atomic mass is 9.98. The van der Waals surface area contributed by atoms with Crippen molar-refractivity contribution in [1.29, 1.82) is 0 Å². The molecule has 4 rings (SSSR count). The summed E-state index contributed by atoms with van der Waals surface area (Å²) in [5.41, 5.74) is 0.471. The number of nitro groups is 1. The Labute approximate surface area is 189 Å². The Morgan fingerprint density at radius 2 is 1.91 bits per heavy atom. The van der Waals surface area contributed by atoms with Crippen LogP contribution in [0.25, 0.3) is 11.0 Å². The molecule has 0 saturated heterocycles. The van der Waals surface area contributed by atoms with Crippen molar-refractivity contribution in [3.05, 3.63) is 84.7 Å². The predicted molar refractivity (Wildman–Crippen MR) is 121 cm³/mol. The van der Waals surface area contributed by atoms with Crippen molar-refractivity contribution in [2.45, 2.75) is 19.9 Å². The molecule has 1 atom stereocenters. The van der Waals surface area contributed by atoms with E-state index in [9.17, 15) is 19.7 Å². The fraction of sp³-hybridized carbons (Fsp3) is 0.304. The Hall–Kier alpha value is -3.23. The molecule has 166 valence electrons. The summed E-state index contributed by atoms with van der Waals surface area (Å²) >= 11 is 6.09. The number of amides is 1. The summed E-state index contributed by atoms with van der Waals surface area (Å²) in [6.45, 7) is 6.62. The minimum absolute atomic E-state index is 0.0270. The number of benzene rings is 2. The van der Waals surface area contributed by atoms with Crippen molar-refractivity contribution in [1.82, 2.24) is 9.80 Å². The minimum atomic E-state index is -0.785. The zero-order valence-electron chi connectivity index (χ0n) is 17.7. The molecular formula is C23H22ClN3O5. The quantitative estimate of drug-likeness (QED) is 0.390. The highest BCUT2D eigenvalue weighted by Crippen LogP contribution is 2.39. The molecule has 1 amide bonds. The van der Waals surface area contributed by atoms with Gasteiger partial charge in [-0.25, -0.2) is 0 Å². The standard InChI is InChI=1S/C23H22ClN3O5/c1-3-25(4-2)10-11-26-20(14-6-5-7-16(12-14)27(30)31)19-21(28)17-13-15(24)8-9-18(17)32-22(19)23(26)29/h5-9,12-13,20H,3-4,10-11H2,1-2H3. The first-order chi connectivity index (χ1) is 15.3. The first-order valence-electron chi connectivity index (χ1n) is 10.4. The molecule has 1 aliphatic rings. The molecule has 0 spiro atoms. The lowest BCUT2D eigenvalue weighted by Gasteiger charge is -2.28. The molecule has 8 nitrogen and oxygen atoms in total. The van der Waals surface area contributed by atoms with Gasteiger partial charge in [0.05, 0.1) is 21.9 Å². The van der Waals surface area contributed by atoms with E-state index in [1.54, 1.807) is 29.2 Å². The van der Waals surface area contributed by atoms with Crippen LogP contribution in [0.3, 0.4) is 0 Å². The van der Waals surface area contributed by atoms with Crippen molar-refractivity contribution < 1.29 is 14.1 Å². The van der Waals surface area contributed by atoms with E-state index in [0.29, 0.717) is 23.7 Å². The highest BCUT2D eigenvalue weighted by molar-refractivity contribution is 6.31. The number of nitrogens with zero attached hydrogens (tertiary/aromatic N) is 3. The van der Waals surface area contributed by atoms with Crippen LogP contribution in [0.1, 0.15) is 41.6 Å². The highest BCUT2D eigenvalue weighted by Gasteiger charge is 2.43. The molecule has 1 aromatic heterocycles. The van der Waals surface area contributed by atoms with Gasteiger partial charge in [-0.3, -0.25) is 19.7 Å². The Bertz CT molecular complexity index is 1270. The summed E-state index contributed by atoms with van der Waals surface area (Å²) in [7, 11) is 0. The lowest BCUT2D eigenvalue weighted by molar-refractivity contribution is -0.384. The highest BCUT2D eigenvalue weighted by atomic mass is 35.5. The number of carbonyl (C=O) groups excluding carboxylic acids is 1. The summed E-state index contributed by atoms with van der Waals surface area (Å²) in [6.07, 6.45) is 0. The van der Waals surface area contributed by atoms with Crippen molar-refractivity contribution in [2.75, 3.05) is 26.2 Å². The molecule has 1 unspecified atom stereocenters. The zero-order valence-corrected chi connectivity index (χ0v) is 18.5. The molecule has 2 aromatic carbocycles. The number of carbonyl (C=O) groups is 1. The third-order valence-corrected chi connectivity index (χ3v) is 6.11. The van der Waals surface area contributed by atoms with Crippen LogP contribution >= 0.6 is 11.6 Å². The molecule has 3 aromatic rings. The van der Waals surface area contributed by atoms with Crippen LogP contribution in [0.15, 0.2) is 51.7 Å². The van der Waals surface area contributed by atoms with Crippen molar-refractivity contribution in [3.63, 3.8) is 0 Å². The number of hydrogen-bond donors (Lipinski definition) is 0. The summed E-state index contributed by atoms with van der Waals surface area (Å²) in [4.78, 5) is 41.4. The van der Waals surface area contributed by atoms with Gasteiger partial charge in [-0.15, -0.1) is 0 Å². The zero-order chi connectivity index (χ0) is 23.0. The molecule has 0 saturated carbocycles. The number of fused-ring (bicyclic) bond motifs is 2. The van der Waals surface area contributed by atoms with Gasteiger partial charge in [0.1, 0.15) is 5.58 Å². The number of likely N-dealkylation sites (N-methyl/N-ethyl adjacent to an activating group) is 1. The van der Waals surface area contributed by atoms with E-state index in [-0.39, 0.29) is 33.4 Å². The van der Waals surface area contributed by atoms with Gasteiger partial charge in [-0.2, -0.15) is 0 Å². The molecule has 9 heteroatoms. The lowest BCUT2D eigenvalue weighted by Crippen LogP contribution is -2.37. The van der Waals surface area contributed by atoms with Crippen molar-refractivity contribution >= 4 is 34.2 Å². The van der Waals surface area contributed by atoms with Crippen molar-refractivity contribution in [3.8, 4) is 0 Å². The van der Waals surface area contributed by atoms with E-state index in [0.717, 1.165) is 13.1 Å². The van der Waals surface area contributed by atoms with Crippen LogP contribution in [0, 0.1) is 10.1 Å². The maximum Gasteiger partial charge on any atom is 0.290 e. The van der Waals surface area contributed by atoms with E-state index < -0.39 is 16.9 Å². The summed E-state index contributed by atoms with van der Waals surface area (Å²) in [5.74, 6) is -0.432. The van der Waals surface area contributed by atoms with Gasteiger partial charge in [0.25, 0.3) is 11.6 Å². The van der Waals surface area contributed by atoms with Gasteiger partial charge in [0.2, 0.25) is 5.76 Å². The first-order valence-corrected chi connectivity index (χ1v) is 10.8. The molecule has 0 radical (unpaired) electrons. The van der Waals surface area contributed by atoms with Gasteiger partial charge < -0.3 is 14.2 Å². The Morgan fingerprint density at radius 3 is 2.59 bits per heavy atom. The van der Waals surface area contributed by atoms with Crippen molar-refractivity contribution in [2.24, 2.45) is 0 Å². The van der Waals surface area contributed by atoms with Gasteiger partial charge in [-0.1, -0.05) is 37.6 Å². The van der Waals surface area contributed by atoms with E-state index >= 15 is 0 Å². The maximum atomic E-state index is 13.5. The fourth-order valence-electron chi connectivity index (χ4n) is 4.17. The van der Waals surface area contributed by atoms with Gasteiger partial charge in [0.15, 0.2) is 5.43 Å². The molecule has 0 aliphatic carbocycles. The largest absolute Gasteiger partial charge is 0.450 e. The number of nitro benzene ring substituents is 1. The fourth-order valence-corrected chi connectivity index (χ4v) is 4.34. The molecule has 32 heavy (non-hydrogen) atoms. The summed E-state index contributed by atoms with van der Waals surface area (Å²) in [5, 5.41) is 12.0. The summed E-state index contributed by atoms with van der Waals surface area (Å²) in [6, 6.07) is 9.90. The third kappa shape index (κ3) is 3.76. The van der Waals surface area contributed by atoms with E-state index in [1.807, 2.05) is 13.8 Å². The second-order valence-electron chi connectivity index (χ2n) is 7.59. The van der Waals surface area contributed by atoms with Gasteiger partial charge in [0, 0.05) is 30.2 Å². The maximum absolute atomic E-state index is 13.5. The molecule has 0 bridgehead atoms. The average Bonchev–Trinajstić information content (AvgIpc) is 3.07. The molecule has 1 aliphatic heterocycles. The SMILES string of the molecule is CCN(CC)CCN1C(=O)c2oc3ccc(Cl)cc3c(=O)c2C1c1cccc([N+](=O)[O-])c1. The van der Waals surface area contributed by atoms with Crippen LogP contribution in [0.2, 0.25) is 5.02 Å². The molecule has 0 N–H and O–H groups in total. The van der Waals surface area contributed by atoms with Gasteiger partial charge in [-0.05, 0) is 36.9 Å². The van der Waals surface area contributed by atoms with E-state index in [4.69, 9.17) is 16.0 Å². The van der Waals surface area contributed by atoms with Gasteiger partial charge >= 0.3 is 0 Å². The predicted octanol–water partition coefficient (Wildman–Crippen LogP) is 4.24. The number of halogens is 1. The van der Waals surface area contributed by atoms with Crippen LogP contribution in [0.5, 0.6) is 0 Å². The Morgan fingerprint density at radius 1 is 1.16 bits per heavy atom. The first kappa shape index (κ1) is 22.0. The average molecular weight is 456 g/mol. The monoisotopic (exact) mass is 455 g/mol. The second kappa shape index (κ2) is 8.72. The summed E-state index contributed by atoms with van der Waals surface area (Å²) < 4.78 is 5.87. The Kier molecular flexibility index (Phi) is 5.99. The topological polar surface area (TPSA) is 96.9 Å².